The van der Waals surface area contributed by atoms with Crippen molar-refractivity contribution in [2.45, 2.75) is 26.2 Å². The standard InChI is InChI=1S/C15H16BrN3O2/c1-8(2)9-5-4-6-10-13(9)17-15-18(3)11(7-12(20)21)14(16)19(10)15/h4-6,8H,7H2,1-3H3,(H,20,21). The van der Waals surface area contributed by atoms with Crippen LogP contribution in [-0.4, -0.2) is 25.0 Å². The van der Waals surface area contributed by atoms with E-state index in [9.17, 15) is 4.79 Å². The molecule has 0 aliphatic heterocycles. The molecule has 2 aromatic heterocycles. The number of imidazole rings is 2. The molecule has 0 aliphatic carbocycles. The van der Waals surface area contributed by atoms with Gasteiger partial charge in [0.05, 0.1) is 23.1 Å². The topological polar surface area (TPSA) is 59.5 Å². The van der Waals surface area contributed by atoms with Crippen LogP contribution in [0.1, 0.15) is 31.0 Å². The summed E-state index contributed by atoms with van der Waals surface area (Å²) in [5.74, 6) is 0.281. The number of nitrogens with zero attached hydrogens (tertiary/aromatic N) is 3. The number of carboxylic acids is 1. The van der Waals surface area contributed by atoms with E-state index in [2.05, 4.69) is 35.8 Å². The van der Waals surface area contributed by atoms with E-state index >= 15 is 0 Å². The van der Waals surface area contributed by atoms with Gasteiger partial charge in [0.25, 0.3) is 0 Å². The minimum atomic E-state index is -0.855. The molecular formula is C15H16BrN3O2. The van der Waals surface area contributed by atoms with Crippen LogP contribution in [0.25, 0.3) is 16.8 Å². The molecule has 6 heteroatoms. The number of aromatic nitrogens is 3. The van der Waals surface area contributed by atoms with Crippen molar-refractivity contribution in [3.05, 3.63) is 34.1 Å². The normalized spacial score (nSPS) is 11.9. The number of aliphatic carboxylic acids is 1. The Kier molecular flexibility index (Phi) is 3.28. The van der Waals surface area contributed by atoms with Gasteiger partial charge < -0.3 is 9.67 Å². The number of para-hydroxylation sites is 1. The Morgan fingerprint density at radius 2 is 2.14 bits per heavy atom. The predicted molar refractivity (Wildman–Crippen MR) is 84.8 cm³/mol. The quantitative estimate of drug-likeness (QED) is 0.788. The summed E-state index contributed by atoms with van der Waals surface area (Å²) in [6.07, 6.45) is -0.0359. The first-order valence-corrected chi connectivity index (χ1v) is 7.57. The first-order chi connectivity index (χ1) is 9.91. The second-order valence-electron chi connectivity index (χ2n) is 5.48. The fourth-order valence-electron chi connectivity index (χ4n) is 2.72. The van der Waals surface area contributed by atoms with Crippen molar-refractivity contribution in [1.29, 1.82) is 0 Å². The third-order valence-corrected chi connectivity index (χ3v) is 4.59. The molecule has 0 atom stereocenters. The van der Waals surface area contributed by atoms with E-state index in [0.29, 0.717) is 11.6 Å². The van der Waals surface area contributed by atoms with Gasteiger partial charge >= 0.3 is 5.97 Å². The number of hydrogen-bond acceptors (Lipinski definition) is 2. The molecule has 0 bridgehead atoms. The zero-order valence-electron chi connectivity index (χ0n) is 12.1. The van der Waals surface area contributed by atoms with Crippen LogP contribution in [0.4, 0.5) is 0 Å². The van der Waals surface area contributed by atoms with E-state index in [-0.39, 0.29) is 6.42 Å². The lowest BCUT2D eigenvalue weighted by Crippen LogP contribution is -2.06. The molecule has 5 nitrogen and oxygen atoms in total. The van der Waals surface area contributed by atoms with Crippen molar-refractivity contribution >= 4 is 38.7 Å². The van der Waals surface area contributed by atoms with Gasteiger partial charge in [-0.05, 0) is 33.5 Å². The van der Waals surface area contributed by atoms with Crippen molar-refractivity contribution in [2.75, 3.05) is 0 Å². The van der Waals surface area contributed by atoms with E-state index in [4.69, 9.17) is 10.1 Å². The molecule has 0 amide bonds. The largest absolute Gasteiger partial charge is 0.481 e. The molecule has 0 saturated heterocycles. The minimum absolute atomic E-state index is 0.0359. The number of carboxylic acid groups (broad SMARTS) is 1. The summed E-state index contributed by atoms with van der Waals surface area (Å²) in [7, 11) is 1.85. The van der Waals surface area contributed by atoms with Gasteiger partial charge in [0, 0.05) is 7.05 Å². The van der Waals surface area contributed by atoms with Crippen LogP contribution < -0.4 is 0 Å². The van der Waals surface area contributed by atoms with Crippen molar-refractivity contribution in [1.82, 2.24) is 14.0 Å². The first kappa shape index (κ1) is 14.1. The molecular weight excluding hydrogens is 334 g/mol. The monoisotopic (exact) mass is 349 g/mol. The molecule has 0 radical (unpaired) electrons. The van der Waals surface area contributed by atoms with Gasteiger partial charge in [-0.1, -0.05) is 26.0 Å². The van der Waals surface area contributed by atoms with E-state index in [1.807, 2.05) is 28.1 Å². The van der Waals surface area contributed by atoms with Gasteiger partial charge in [0.2, 0.25) is 5.78 Å². The maximum atomic E-state index is 11.0. The van der Waals surface area contributed by atoms with Crippen molar-refractivity contribution < 1.29 is 9.90 Å². The van der Waals surface area contributed by atoms with Gasteiger partial charge in [-0.15, -0.1) is 0 Å². The van der Waals surface area contributed by atoms with Gasteiger partial charge in [0.15, 0.2) is 0 Å². The molecule has 21 heavy (non-hydrogen) atoms. The lowest BCUT2D eigenvalue weighted by atomic mass is 10.0. The second kappa shape index (κ2) is 4.87. The minimum Gasteiger partial charge on any atom is -0.481 e. The SMILES string of the molecule is CC(C)c1cccc2c1nc1n(C)c(CC(=O)O)c(Br)n21. The summed E-state index contributed by atoms with van der Waals surface area (Å²) in [4.78, 5) is 15.7. The highest BCUT2D eigenvalue weighted by atomic mass is 79.9. The molecule has 110 valence electrons. The first-order valence-electron chi connectivity index (χ1n) is 6.77. The van der Waals surface area contributed by atoms with Gasteiger partial charge in [-0.25, -0.2) is 4.98 Å². The summed E-state index contributed by atoms with van der Waals surface area (Å²) >= 11 is 3.53. The molecule has 0 aliphatic rings. The van der Waals surface area contributed by atoms with E-state index in [1.54, 1.807) is 0 Å². The van der Waals surface area contributed by atoms with Crippen molar-refractivity contribution in [3.63, 3.8) is 0 Å². The number of hydrogen-bond donors (Lipinski definition) is 1. The average Bonchev–Trinajstić information content (AvgIpc) is 2.90. The Morgan fingerprint density at radius 3 is 2.76 bits per heavy atom. The highest BCUT2D eigenvalue weighted by molar-refractivity contribution is 9.10. The molecule has 0 saturated carbocycles. The summed E-state index contributed by atoms with van der Waals surface area (Å²) in [6.45, 7) is 4.29. The Balaban J connectivity index is 2.38. The smallest absolute Gasteiger partial charge is 0.309 e. The Labute approximate surface area is 130 Å². The number of fused-ring (bicyclic) bond motifs is 3. The van der Waals surface area contributed by atoms with Crippen LogP contribution in [0, 0.1) is 0 Å². The zero-order valence-corrected chi connectivity index (χ0v) is 13.7. The molecule has 1 aromatic carbocycles. The number of benzene rings is 1. The third-order valence-electron chi connectivity index (χ3n) is 3.78. The Bertz CT molecular complexity index is 861. The molecule has 3 rings (SSSR count). The Morgan fingerprint density at radius 1 is 1.43 bits per heavy atom. The van der Waals surface area contributed by atoms with Crippen molar-refractivity contribution in [2.24, 2.45) is 7.05 Å². The third kappa shape index (κ3) is 2.05. The second-order valence-corrected chi connectivity index (χ2v) is 6.24. The maximum absolute atomic E-state index is 11.0. The summed E-state index contributed by atoms with van der Waals surface area (Å²) < 4.78 is 4.56. The van der Waals surface area contributed by atoms with Gasteiger partial charge in [0.1, 0.15) is 4.60 Å². The molecule has 2 heterocycles. The molecule has 1 N–H and O–H groups in total. The number of carbonyl (C=O) groups is 1. The van der Waals surface area contributed by atoms with Crippen LogP contribution in [0.15, 0.2) is 22.8 Å². The summed E-state index contributed by atoms with van der Waals surface area (Å²) in [5, 5.41) is 9.04. The van der Waals surface area contributed by atoms with Crippen LogP contribution in [0.5, 0.6) is 0 Å². The Hall–Kier alpha value is -1.82. The van der Waals surface area contributed by atoms with E-state index < -0.39 is 5.97 Å². The molecule has 3 aromatic rings. The van der Waals surface area contributed by atoms with Crippen LogP contribution >= 0.6 is 15.9 Å². The number of rotatable bonds is 3. The molecule has 0 fully saturated rings. The fraction of sp³-hybridized carbons (Fsp3) is 0.333. The van der Waals surface area contributed by atoms with Crippen molar-refractivity contribution in [3.8, 4) is 0 Å². The molecule has 0 unspecified atom stereocenters. The zero-order chi connectivity index (χ0) is 15.3. The maximum Gasteiger partial charge on any atom is 0.309 e. The van der Waals surface area contributed by atoms with Gasteiger partial charge in [-0.2, -0.15) is 0 Å². The van der Waals surface area contributed by atoms with Crippen LogP contribution in [0.3, 0.4) is 0 Å². The average molecular weight is 350 g/mol. The van der Waals surface area contributed by atoms with Crippen LogP contribution in [-0.2, 0) is 18.3 Å². The number of aryl methyl sites for hydroxylation is 1. The highest BCUT2D eigenvalue weighted by Gasteiger charge is 2.20. The molecule has 0 spiro atoms. The lowest BCUT2D eigenvalue weighted by Gasteiger charge is -2.06. The summed E-state index contributed by atoms with van der Waals surface area (Å²) in [6, 6.07) is 6.12. The van der Waals surface area contributed by atoms with E-state index in [1.165, 1.54) is 5.56 Å². The summed E-state index contributed by atoms with van der Waals surface area (Å²) in [5.41, 5.74) is 3.88. The van der Waals surface area contributed by atoms with Crippen LogP contribution in [0.2, 0.25) is 0 Å². The highest BCUT2D eigenvalue weighted by Crippen LogP contribution is 2.31. The van der Waals surface area contributed by atoms with Gasteiger partial charge in [-0.3, -0.25) is 9.20 Å². The number of halogens is 1. The van der Waals surface area contributed by atoms with E-state index in [0.717, 1.165) is 21.4 Å². The fourth-order valence-corrected chi connectivity index (χ4v) is 3.47. The predicted octanol–water partition coefficient (Wildman–Crippen LogP) is 3.34. The lowest BCUT2D eigenvalue weighted by molar-refractivity contribution is -0.136.